The maximum Gasteiger partial charge on any atom is 0.345 e. The third kappa shape index (κ3) is 3.78. The van der Waals surface area contributed by atoms with Crippen LogP contribution in [-0.2, 0) is 10.0 Å². The van der Waals surface area contributed by atoms with Crippen LogP contribution in [0.25, 0.3) is 0 Å². The number of aliphatic hydroxyl groups excluding tert-OH is 1. The van der Waals surface area contributed by atoms with Crippen molar-refractivity contribution in [1.29, 1.82) is 0 Å². The molecule has 1 saturated carbocycles. The van der Waals surface area contributed by atoms with Crippen LogP contribution in [0.15, 0.2) is 16.3 Å². The molecule has 0 saturated heterocycles. The molecule has 0 aliphatic heterocycles. The third-order valence-electron chi connectivity index (χ3n) is 3.47. The van der Waals surface area contributed by atoms with Crippen molar-refractivity contribution in [2.24, 2.45) is 5.92 Å². The first-order valence-corrected chi connectivity index (χ1v) is 8.74. The third-order valence-corrected chi connectivity index (χ3v) is 5.95. The summed E-state index contributed by atoms with van der Waals surface area (Å²) in [5.41, 5.74) is 0. The van der Waals surface area contributed by atoms with E-state index in [2.05, 4.69) is 4.72 Å². The van der Waals surface area contributed by atoms with Crippen LogP contribution in [0, 0.1) is 5.92 Å². The molecule has 0 amide bonds. The van der Waals surface area contributed by atoms with Gasteiger partial charge in [-0.15, -0.1) is 11.3 Å². The molecule has 0 aromatic carbocycles. The van der Waals surface area contributed by atoms with Crippen molar-refractivity contribution in [2.45, 2.75) is 36.7 Å². The standard InChI is InChI=1S/C12H17NO5S2/c14-9-3-1-8(2-4-9)6-13-20(17,18)10-5-11(12(15)16)19-7-10/h5,7-9,13-14H,1-4,6H2,(H,15,16). The van der Waals surface area contributed by atoms with E-state index in [-0.39, 0.29) is 21.8 Å². The van der Waals surface area contributed by atoms with Gasteiger partial charge in [0.15, 0.2) is 0 Å². The van der Waals surface area contributed by atoms with E-state index in [1.807, 2.05) is 0 Å². The number of sulfonamides is 1. The molecule has 1 heterocycles. The van der Waals surface area contributed by atoms with E-state index in [1.165, 1.54) is 11.4 Å². The minimum Gasteiger partial charge on any atom is -0.477 e. The van der Waals surface area contributed by atoms with Crippen LogP contribution < -0.4 is 4.72 Å². The maximum atomic E-state index is 12.0. The Bertz CT molecular complexity index is 572. The Morgan fingerprint density at radius 2 is 2.00 bits per heavy atom. The second-order valence-corrected chi connectivity index (χ2v) is 7.66. The van der Waals surface area contributed by atoms with Crippen molar-refractivity contribution in [2.75, 3.05) is 6.54 Å². The van der Waals surface area contributed by atoms with Gasteiger partial charge in [0.05, 0.1) is 11.0 Å². The Balaban J connectivity index is 1.95. The first-order valence-electron chi connectivity index (χ1n) is 6.38. The number of rotatable bonds is 5. The van der Waals surface area contributed by atoms with E-state index in [1.54, 1.807) is 0 Å². The fraction of sp³-hybridized carbons (Fsp3) is 0.583. The summed E-state index contributed by atoms with van der Waals surface area (Å²) in [5, 5.41) is 19.5. The van der Waals surface area contributed by atoms with Gasteiger partial charge in [0.1, 0.15) is 4.88 Å². The highest BCUT2D eigenvalue weighted by Gasteiger charge is 2.23. The predicted molar refractivity (Wildman–Crippen MR) is 74.4 cm³/mol. The molecule has 0 unspecified atom stereocenters. The molecule has 0 bridgehead atoms. The van der Waals surface area contributed by atoms with Crippen LogP contribution >= 0.6 is 11.3 Å². The minimum atomic E-state index is -3.65. The van der Waals surface area contributed by atoms with Gasteiger partial charge in [-0.2, -0.15) is 0 Å². The second kappa shape index (κ2) is 6.21. The van der Waals surface area contributed by atoms with Gasteiger partial charge in [-0.25, -0.2) is 17.9 Å². The van der Waals surface area contributed by atoms with Gasteiger partial charge in [0.25, 0.3) is 0 Å². The summed E-state index contributed by atoms with van der Waals surface area (Å²) in [4.78, 5) is 10.8. The van der Waals surface area contributed by atoms with E-state index >= 15 is 0 Å². The lowest BCUT2D eigenvalue weighted by atomic mass is 9.88. The van der Waals surface area contributed by atoms with Gasteiger partial charge in [-0.1, -0.05) is 0 Å². The summed E-state index contributed by atoms with van der Waals surface area (Å²) in [6, 6.07) is 1.17. The zero-order valence-electron chi connectivity index (χ0n) is 10.8. The molecule has 2 rings (SSSR count). The molecule has 112 valence electrons. The average Bonchev–Trinajstić information content (AvgIpc) is 2.89. The smallest absolute Gasteiger partial charge is 0.345 e. The SMILES string of the molecule is O=C(O)c1cc(S(=O)(=O)NCC2CCC(O)CC2)cs1. The summed E-state index contributed by atoms with van der Waals surface area (Å²) in [6.45, 7) is 0.327. The summed E-state index contributed by atoms with van der Waals surface area (Å²) in [7, 11) is -3.65. The van der Waals surface area contributed by atoms with Crippen molar-refractivity contribution in [3.63, 3.8) is 0 Å². The van der Waals surface area contributed by atoms with Crippen LogP contribution in [0.3, 0.4) is 0 Å². The molecule has 1 fully saturated rings. The Morgan fingerprint density at radius 3 is 2.55 bits per heavy atom. The Hall–Kier alpha value is -0.960. The molecule has 0 atom stereocenters. The highest BCUT2D eigenvalue weighted by atomic mass is 32.2. The molecule has 20 heavy (non-hydrogen) atoms. The fourth-order valence-electron chi connectivity index (χ4n) is 2.23. The van der Waals surface area contributed by atoms with E-state index in [9.17, 15) is 18.3 Å². The maximum absolute atomic E-state index is 12.0. The predicted octanol–water partition coefficient (Wildman–Crippen LogP) is 1.28. The first-order chi connectivity index (χ1) is 9.38. The van der Waals surface area contributed by atoms with Crippen molar-refractivity contribution in [1.82, 2.24) is 4.72 Å². The van der Waals surface area contributed by atoms with Crippen molar-refractivity contribution in [3.05, 3.63) is 16.3 Å². The normalized spacial score (nSPS) is 23.6. The molecule has 1 aromatic rings. The van der Waals surface area contributed by atoms with Crippen LogP contribution in [-0.4, -0.2) is 37.2 Å². The van der Waals surface area contributed by atoms with Crippen molar-refractivity contribution >= 4 is 27.3 Å². The average molecular weight is 319 g/mol. The van der Waals surface area contributed by atoms with Crippen LogP contribution in [0.1, 0.15) is 35.4 Å². The van der Waals surface area contributed by atoms with Gasteiger partial charge >= 0.3 is 5.97 Å². The van der Waals surface area contributed by atoms with Gasteiger partial charge in [-0.3, -0.25) is 0 Å². The highest BCUT2D eigenvalue weighted by Crippen LogP contribution is 2.24. The number of hydrogen-bond donors (Lipinski definition) is 3. The van der Waals surface area contributed by atoms with E-state index < -0.39 is 16.0 Å². The molecule has 0 radical (unpaired) electrons. The first kappa shape index (κ1) is 15.4. The minimum absolute atomic E-state index is 0.00394. The molecular weight excluding hydrogens is 302 g/mol. The van der Waals surface area contributed by atoms with Gasteiger partial charge in [0, 0.05) is 11.9 Å². The highest BCUT2D eigenvalue weighted by molar-refractivity contribution is 7.89. The Kier molecular flexibility index (Phi) is 4.79. The lowest BCUT2D eigenvalue weighted by Gasteiger charge is -2.25. The summed E-state index contributed by atoms with van der Waals surface area (Å²) in [5.74, 6) is -0.900. The fourth-order valence-corrected chi connectivity index (χ4v) is 4.46. The van der Waals surface area contributed by atoms with Crippen molar-refractivity contribution in [3.8, 4) is 0 Å². The van der Waals surface area contributed by atoms with E-state index in [4.69, 9.17) is 5.11 Å². The number of aromatic carboxylic acids is 1. The van der Waals surface area contributed by atoms with Gasteiger partial charge < -0.3 is 10.2 Å². The number of thiophene rings is 1. The number of nitrogens with one attached hydrogen (secondary N) is 1. The monoisotopic (exact) mass is 319 g/mol. The van der Waals surface area contributed by atoms with Crippen LogP contribution in [0.2, 0.25) is 0 Å². The quantitative estimate of drug-likeness (QED) is 0.758. The molecular formula is C12H17NO5S2. The molecule has 1 aliphatic carbocycles. The van der Waals surface area contributed by atoms with Crippen molar-refractivity contribution < 1.29 is 23.4 Å². The number of carboxylic acid groups (broad SMARTS) is 1. The molecule has 1 aromatic heterocycles. The molecule has 8 heteroatoms. The molecule has 1 aliphatic rings. The number of carboxylic acids is 1. The number of hydrogen-bond acceptors (Lipinski definition) is 5. The van der Waals surface area contributed by atoms with Crippen LogP contribution in [0.5, 0.6) is 0 Å². The van der Waals surface area contributed by atoms with E-state index in [0.29, 0.717) is 19.4 Å². The number of carbonyl (C=O) groups is 1. The van der Waals surface area contributed by atoms with Gasteiger partial charge in [0.2, 0.25) is 10.0 Å². The lowest BCUT2D eigenvalue weighted by Crippen LogP contribution is -2.32. The molecule has 0 spiro atoms. The zero-order chi connectivity index (χ0) is 14.8. The van der Waals surface area contributed by atoms with Crippen LogP contribution in [0.4, 0.5) is 0 Å². The Labute approximate surface area is 121 Å². The molecule has 3 N–H and O–H groups in total. The molecule has 6 nitrogen and oxygen atoms in total. The lowest BCUT2D eigenvalue weighted by molar-refractivity contribution is 0.0702. The Morgan fingerprint density at radius 1 is 1.35 bits per heavy atom. The summed E-state index contributed by atoms with van der Waals surface area (Å²) < 4.78 is 26.6. The van der Waals surface area contributed by atoms with Gasteiger partial charge in [-0.05, 0) is 37.7 Å². The largest absolute Gasteiger partial charge is 0.477 e. The zero-order valence-corrected chi connectivity index (χ0v) is 12.4. The summed E-state index contributed by atoms with van der Waals surface area (Å²) >= 11 is 0.894. The topological polar surface area (TPSA) is 104 Å². The van der Waals surface area contributed by atoms with E-state index in [0.717, 1.165) is 24.2 Å². The summed E-state index contributed by atoms with van der Waals surface area (Å²) in [6.07, 6.45) is 2.74. The number of aliphatic hydroxyl groups is 1. The second-order valence-electron chi connectivity index (χ2n) is 4.98.